The van der Waals surface area contributed by atoms with E-state index in [1.165, 1.54) is 11.8 Å². The number of aliphatic hydroxyl groups excluding tert-OH is 1. The normalized spacial score (nSPS) is 22.6. The highest BCUT2D eigenvalue weighted by molar-refractivity contribution is 8.01. The molecule has 0 bridgehead atoms. The smallest absolute Gasteiger partial charge is 0.191 e. The number of nitrogens with zero attached hydrogens (tertiary/aromatic N) is 3. The Bertz CT molecular complexity index is 823. The maximum atomic E-state index is 11.6. The fourth-order valence-corrected chi connectivity index (χ4v) is 5.93. The first kappa shape index (κ1) is 17.5. The van der Waals surface area contributed by atoms with Crippen LogP contribution in [0.1, 0.15) is 5.82 Å². The molecular formula is C14H16ClN3O4S2. The lowest BCUT2D eigenvalue weighted by molar-refractivity contribution is 0.207. The van der Waals surface area contributed by atoms with Gasteiger partial charge in [-0.15, -0.1) is 10.2 Å². The quantitative estimate of drug-likeness (QED) is 0.823. The zero-order valence-electron chi connectivity index (χ0n) is 12.8. The second kappa shape index (κ2) is 6.91. The third-order valence-corrected chi connectivity index (χ3v) is 7.16. The molecule has 1 saturated heterocycles. The van der Waals surface area contributed by atoms with E-state index < -0.39 is 21.2 Å². The lowest BCUT2D eigenvalue weighted by Gasteiger charge is -2.11. The molecule has 0 amide bonds. The maximum absolute atomic E-state index is 11.6. The van der Waals surface area contributed by atoms with Crippen LogP contribution in [-0.2, 0) is 23.5 Å². The highest BCUT2D eigenvalue weighted by Gasteiger charge is 2.38. The number of benzene rings is 1. The minimum absolute atomic E-state index is 0.0533. The van der Waals surface area contributed by atoms with Crippen LogP contribution >= 0.6 is 23.4 Å². The zero-order valence-corrected chi connectivity index (χ0v) is 15.2. The Morgan fingerprint density at radius 2 is 2.04 bits per heavy atom. The summed E-state index contributed by atoms with van der Waals surface area (Å²) in [7, 11) is -1.41. The molecule has 1 aliphatic heterocycles. The SMILES string of the molecule is Cn1c(COc2ccc(Cl)cc2)nnc1S[C@@H]1CS(=O)(=O)C[C@@H]1O. The summed E-state index contributed by atoms with van der Waals surface area (Å²) in [6, 6.07) is 6.98. The van der Waals surface area contributed by atoms with E-state index in [1.807, 2.05) is 0 Å². The second-order valence-electron chi connectivity index (χ2n) is 5.50. The van der Waals surface area contributed by atoms with Crippen LogP contribution in [0.25, 0.3) is 0 Å². The van der Waals surface area contributed by atoms with Gasteiger partial charge < -0.3 is 14.4 Å². The third kappa shape index (κ3) is 4.02. The highest BCUT2D eigenvalue weighted by Crippen LogP contribution is 2.30. The monoisotopic (exact) mass is 389 g/mol. The Kier molecular flexibility index (Phi) is 5.05. The van der Waals surface area contributed by atoms with Crippen LogP contribution < -0.4 is 4.74 Å². The first-order valence-electron chi connectivity index (χ1n) is 7.16. The Balaban J connectivity index is 1.64. The first-order chi connectivity index (χ1) is 11.3. The molecule has 1 fully saturated rings. The Hall–Kier alpha value is -1.29. The number of sulfone groups is 1. The van der Waals surface area contributed by atoms with Gasteiger partial charge in [-0.2, -0.15) is 0 Å². The highest BCUT2D eigenvalue weighted by atomic mass is 35.5. The van der Waals surface area contributed by atoms with Crippen molar-refractivity contribution in [2.75, 3.05) is 11.5 Å². The van der Waals surface area contributed by atoms with Gasteiger partial charge in [0.15, 0.2) is 20.8 Å². The Morgan fingerprint density at radius 1 is 1.33 bits per heavy atom. The molecule has 0 spiro atoms. The predicted octanol–water partition coefficient (Wildman–Crippen LogP) is 1.30. The van der Waals surface area contributed by atoms with E-state index in [4.69, 9.17) is 16.3 Å². The summed E-state index contributed by atoms with van der Waals surface area (Å²) >= 11 is 7.04. The van der Waals surface area contributed by atoms with Gasteiger partial charge in [0.25, 0.3) is 0 Å². The van der Waals surface area contributed by atoms with Crippen LogP contribution in [0.2, 0.25) is 5.02 Å². The number of aromatic nitrogens is 3. The van der Waals surface area contributed by atoms with Crippen molar-refractivity contribution in [2.45, 2.75) is 23.1 Å². The molecule has 0 radical (unpaired) electrons. The standard InChI is InChI=1S/C14H16ClN3O4S2/c1-18-13(6-22-10-4-2-9(15)3-5-10)16-17-14(18)23-12-8-24(20,21)7-11(12)19/h2-5,11-12,19H,6-8H2,1H3/t11-,12+/m0/s1. The van der Waals surface area contributed by atoms with Gasteiger partial charge in [-0.25, -0.2) is 8.42 Å². The fraction of sp³-hybridized carbons (Fsp3) is 0.429. The van der Waals surface area contributed by atoms with Crippen LogP contribution in [0.3, 0.4) is 0 Å². The molecule has 130 valence electrons. The van der Waals surface area contributed by atoms with Crippen LogP contribution in [0, 0.1) is 0 Å². The molecule has 2 heterocycles. The van der Waals surface area contributed by atoms with E-state index in [-0.39, 0.29) is 18.1 Å². The van der Waals surface area contributed by atoms with Gasteiger partial charge in [0.05, 0.1) is 22.9 Å². The van der Waals surface area contributed by atoms with Crippen LogP contribution in [0.15, 0.2) is 29.4 Å². The molecule has 24 heavy (non-hydrogen) atoms. The summed E-state index contributed by atoms with van der Waals surface area (Å²) in [5.74, 6) is 1.01. The average Bonchev–Trinajstić information content (AvgIpc) is 2.99. The lowest BCUT2D eigenvalue weighted by Crippen LogP contribution is -2.20. The van der Waals surface area contributed by atoms with Gasteiger partial charge in [-0.3, -0.25) is 0 Å². The number of aliphatic hydroxyl groups is 1. The van der Waals surface area contributed by atoms with Crippen molar-refractivity contribution in [1.29, 1.82) is 0 Å². The number of thioether (sulfide) groups is 1. The maximum Gasteiger partial charge on any atom is 0.191 e. The molecule has 3 rings (SSSR count). The van der Waals surface area contributed by atoms with E-state index >= 15 is 0 Å². The molecule has 1 aliphatic rings. The van der Waals surface area contributed by atoms with Gasteiger partial charge in [0.1, 0.15) is 12.4 Å². The van der Waals surface area contributed by atoms with Gasteiger partial charge in [-0.05, 0) is 24.3 Å². The molecule has 1 aromatic heterocycles. The van der Waals surface area contributed by atoms with Crippen LogP contribution in [0.5, 0.6) is 5.75 Å². The molecule has 2 atom stereocenters. The largest absolute Gasteiger partial charge is 0.486 e. The third-order valence-electron chi connectivity index (χ3n) is 3.64. The van der Waals surface area contributed by atoms with Crippen molar-refractivity contribution in [3.8, 4) is 5.75 Å². The molecule has 0 unspecified atom stereocenters. The molecule has 0 saturated carbocycles. The Labute approximate surface area is 148 Å². The van der Waals surface area contributed by atoms with E-state index in [0.29, 0.717) is 21.8 Å². The summed E-state index contributed by atoms with van der Waals surface area (Å²) in [4.78, 5) is 0. The van der Waals surface area contributed by atoms with E-state index in [2.05, 4.69) is 10.2 Å². The van der Waals surface area contributed by atoms with Crippen molar-refractivity contribution < 1.29 is 18.3 Å². The van der Waals surface area contributed by atoms with Crippen molar-refractivity contribution in [1.82, 2.24) is 14.8 Å². The minimum Gasteiger partial charge on any atom is -0.486 e. The predicted molar refractivity (Wildman–Crippen MR) is 91.1 cm³/mol. The van der Waals surface area contributed by atoms with E-state index in [9.17, 15) is 13.5 Å². The van der Waals surface area contributed by atoms with Crippen molar-refractivity contribution >= 4 is 33.2 Å². The van der Waals surface area contributed by atoms with Gasteiger partial charge in [-0.1, -0.05) is 23.4 Å². The van der Waals surface area contributed by atoms with Crippen molar-refractivity contribution in [2.24, 2.45) is 7.05 Å². The molecule has 0 aliphatic carbocycles. The molecule has 7 nitrogen and oxygen atoms in total. The van der Waals surface area contributed by atoms with E-state index in [0.717, 1.165) is 0 Å². The summed E-state index contributed by atoms with van der Waals surface area (Å²) < 4.78 is 30.5. The molecular weight excluding hydrogens is 374 g/mol. The minimum atomic E-state index is -3.18. The Morgan fingerprint density at radius 3 is 2.67 bits per heavy atom. The second-order valence-corrected chi connectivity index (χ2v) is 9.30. The summed E-state index contributed by atoms with van der Waals surface area (Å²) in [5.41, 5.74) is 0. The van der Waals surface area contributed by atoms with Crippen LogP contribution in [-0.4, -0.2) is 51.1 Å². The summed E-state index contributed by atoms with van der Waals surface area (Å²) in [6.07, 6.45) is -0.884. The number of ether oxygens (including phenoxy) is 1. The zero-order chi connectivity index (χ0) is 17.3. The van der Waals surface area contributed by atoms with E-state index in [1.54, 1.807) is 35.9 Å². The molecule has 10 heteroatoms. The van der Waals surface area contributed by atoms with Gasteiger partial charge in [0, 0.05) is 12.1 Å². The number of rotatable bonds is 5. The van der Waals surface area contributed by atoms with Gasteiger partial charge >= 0.3 is 0 Å². The topological polar surface area (TPSA) is 94.3 Å². The summed E-state index contributed by atoms with van der Waals surface area (Å²) in [5, 5.41) is 18.7. The van der Waals surface area contributed by atoms with Crippen molar-refractivity contribution in [3.63, 3.8) is 0 Å². The number of hydrogen-bond donors (Lipinski definition) is 1. The number of hydrogen-bond acceptors (Lipinski definition) is 7. The first-order valence-corrected chi connectivity index (χ1v) is 10.2. The van der Waals surface area contributed by atoms with Gasteiger partial charge in [0.2, 0.25) is 0 Å². The molecule has 1 N–H and O–H groups in total. The number of halogens is 1. The van der Waals surface area contributed by atoms with Crippen LogP contribution in [0.4, 0.5) is 0 Å². The fourth-order valence-electron chi connectivity index (χ4n) is 2.30. The average molecular weight is 390 g/mol. The summed E-state index contributed by atoms with van der Waals surface area (Å²) in [6.45, 7) is 0.219. The lowest BCUT2D eigenvalue weighted by atomic mass is 10.3. The van der Waals surface area contributed by atoms with Crippen molar-refractivity contribution in [3.05, 3.63) is 35.1 Å². The molecule has 2 aromatic rings. The molecule has 1 aromatic carbocycles.